The zero-order valence-electron chi connectivity index (χ0n) is 21.8. The molecule has 36 heavy (non-hydrogen) atoms. The molecule has 194 valence electrons. The fourth-order valence-electron chi connectivity index (χ4n) is 6.33. The molecule has 1 atom stereocenters. The van der Waals surface area contributed by atoms with Gasteiger partial charge in [-0.15, -0.1) is 0 Å². The summed E-state index contributed by atoms with van der Waals surface area (Å²) in [6, 6.07) is 13.6. The molecule has 0 amide bonds. The highest BCUT2D eigenvalue weighted by atomic mass is 32.1. The fraction of sp³-hybridized carbons (Fsp3) is 0.621. The molecule has 0 bridgehead atoms. The summed E-state index contributed by atoms with van der Waals surface area (Å²) in [7, 11) is 0. The van der Waals surface area contributed by atoms with Crippen LogP contribution in [0.15, 0.2) is 36.4 Å². The number of nitrogens with one attached hydrogen (secondary N) is 2. The fourth-order valence-corrected chi connectivity index (χ4v) is 6.49. The van der Waals surface area contributed by atoms with Crippen LogP contribution in [0.4, 0.5) is 17.6 Å². The van der Waals surface area contributed by atoms with Gasteiger partial charge in [0.05, 0.1) is 0 Å². The summed E-state index contributed by atoms with van der Waals surface area (Å²) < 4.78 is 0. The average molecular weight is 507 g/mol. The Labute approximate surface area is 222 Å². The summed E-state index contributed by atoms with van der Waals surface area (Å²) >= 11 is 5.79. The molecule has 2 N–H and O–H groups in total. The maximum Gasteiger partial charge on any atom is 0.232 e. The third-order valence-corrected chi connectivity index (χ3v) is 8.73. The molecule has 7 heteroatoms. The number of rotatable bonds is 6. The maximum atomic E-state index is 5.79. The van der Waals surface area contributed by atoms with Gasteiger partial charge in [-0.3, -0.25) is 0 Å². The van der Waals surface area contributed by atoms with E-state index in [0.29, 0.717) is 17.1 Å². The molecule has 3 aliphatic rings. The van der Waals surface area contributed by atoms with Crippen LogP contribution in [-0.4, -0.2) is 47.3 Å². The summed E-state index contributed by atoms with van der Waals surface area (Å²) in [5.41, 5.74) is 1.56. The standard InChI is InChI=1S/C29H42N6S/c1-23-13-7-12-20-35(23)26-21-25(34-18-10-2-3-11-19-34)31-27(32-26)33-28(36)30-22-29(16-8-9-17-29)24-14-5-4-6-15-24/h4-6,14-15,21,23H,2-3,7-13,16-20,22H2,1H3,(H2,30,31,32,33,36). The molecule has 3 fully saturated rings. The first-order chi connectivity index (χ1) is 17.6. The lowest BCUT2D eigenvalue weighted by Crippen LogP contribution is -2.41. The highest BCUT2D eigenvalue weighted by Gasteiger charge is 2.35. The number of thiocarbonyl (C=S) groups is 1. The number of hydrogen-bond acceptors (Lipinski definition) is 5. The summed E-state index contributed by atoms with van der Waals surface area (Å²) in [6.45, 7) is 6.34. The van der Waals surface area contributed by atoms with Crippen LogP contribution in [0.1, 0.15) is 83.1 Å². The minimum atomic E-state index is 0.149. The van der Waals surface area contributed by atoms with Gasteiger partial charge in [-0.05, 0) is 69.7 Å². The van der Waals surface area contributed by atoms with E-state index in [2.05, 4.69) is 63.8 Å². The average Bonchev–Trinajstić information content (AvgIpc) is 3.23. The van der Waals surface area contributed by atoms with Crippen molar-refractivity contribution in [3.05, 3.63) is 42.0 Å². The smallest absolute Gasteiger partial charge is 0.232 e. The van der Waals surface area contributed by atoms with Crippen LogP contribution < -0.4 is 20.4 Å². The number of hydrogen-bond donors (Lipinski definition) is 2. The normalized spacial score (nSPS) is 22.2. The molecule has 0 radical (unpaired) electrons. The van der Waals surface area contributed by atoms with Crippen LogP contribution in [0.25, 0.3) is 0 Å². The van der Waals surface area contributed by atoms with Gasteiger partial charge in [0.15, 0.2) is 5.11 Å². The Bertz CT molecular complexity index is 998. The molecule has 1 unspecified atom stereocenters. The summed E-state index contributed by atoms with van der Waals surface area (Å²) in [5.74, 6) is 2.67. The number of aromatic nitrogens is 2. The summed E-state index contributed by atoms with van der Waals surface area (Å²) in [4.78, 5) is 14.8. The topological polar surface area (TPSA) is 56.3 Å². The first kappa shape index (κ1) is 25.2. The molecule has 1 saturated carbocycles. The molecule has 6 nitrogen and oxygen atoms in total. The van der Waals surface area contributed by atoms with E-state index >= 15 is 0 Å². The SMILES string of the molecule is CC1CCCCN1c1cc(N2CCCCCC2)nc(NC(=S)NCC2(c3ccccc3)CCCC2)n1. The number of anilines is 3. The van der Waals surface area contributed by atoms with Gasteiger partial charge in [-0.1, -0.05) is 56.0 Å². The zero-order chi connectivity index (χ0) is 24.8. The van der Waals surface area contributed by atoms with Crippen molar-refractivity contribution in [2.75, 3.05) is 41.3 Å². The molecular formula is C29H42N6S. The first-order valence-electron chi connectivity index (χ1n) is 14.1. The van der Waals surface area contributed by atoms with Gasteiger partial charge in [0, 0.05) is 43.7 Å². The molecule has 1 aromatic heterocycles. The quantitative estimate of drug-likeness (QED) is 0.464. The van der Waals surface area contributed by atoms with Crippen LogP contribution in [0.5, 0.6) is 0 Å². The molecular weight excluding hydrogens is 464 g/mol. The lowest BCUT2D eigenvalue weighted by Gasteiger charge is -2.35. The number of piperidine rings is 1. The van der Waals surface area contributed by atoms with Crippen LogP contribution >= 0.6 is 12.2 Å². The Morgan fingerprint density at radius 1 is 0.917 bits per heavy atom. The minimum Gasteiger partial charge on any atom is -0.361 e. The van der Waals surface area contributed by atoms with E-state index in [1.54, 1.807) is 0 Å². The monoisotopic (exact) mass is 506 g/mol. The van der Waals surface area contributed by atoms with Gasteiger partial charge in [-0.25, -0.2) is 0 Å². The first-order valence-corrected chi connectivity index (χ1v) is 14.5. The van der Waals surface area contributed by atoms with E-state index < -0.39 is 0 Å². The molecule has 2 saturated heterocycles. The Balaban J connectivity index is 1.33. The van der Waals surface area contributed by atoms with Gasteiger partial charge < -0.3 is 20.4 Å². The molecule has 2 aliphatic heterocycles. The second-order valence-electron chi connectivity index (χ2n) is 11.0. The van der Waals surface area contributed by atoms with Crippen molar-refractivity contribution in [3.63, 3.8) is 0 Å². The lowest BCUT2D eigenvalue weighted by molar-refractivity contribution is 0.435. The van der Waals surface area contributed by atoms with Crippen LogP contribution in [0, 0.1) is 0 Å². The highest BCUT2D eigenvalue weighted by Crippen LogP contribution is 2.40. The van der Waals surface area contributed by atoms with Crippen molar-refractivity contribution < 1.29 is 0 Å². The van der Waals surface area contributed by atoms with Crippen molar-refractivity contribution in [2.24, 2.45) is 0 Å². The Morgan fingerprint density at radius 2 is 1.61 bits per heavy atom. The van der Waals surface area contributed by atoms with Crippen LogP contribution in [0.3, 0.4) is 0 Å². The van der Waals surface area contributed by atoms with E-state index in [4.69, 9.17) is 22.2 Å². The van der Waals surface area contributed by atoms with Crippen molar-refractivity contribution in [2.45, 2.75) is 89.0 Å². The molecule has 1 aliphatic carbocycles. The Kier molecular flexibility index (Phi) is 8.25. The molecule has 2 aromatic rings. The Morgan fingerprint density at radius 3 is 2.33 bits per heavy atom. The Hall–Kier alpha value is -2.41. The molecule has 0 spiro atoms. The van der Waals surface area contributed by atoms with Crippen LogP contribution in [-0.2, 0) is 5.41 Å². The molecule has 1 aromatic carbocycles. The van der Waals surface area contributed by atoms with E-state index in [1.165, 1.54) is 76.2 Å². The third kappa shape index (κ3) is 5.93. The minimum absolute atomic E-state index is 0.149. The maximum absolute atomic E-state index is 5.79. The van der Waals surface area contributed by atoms with Gasteiger partial charge in [-0.2, -0.15) is 9.97 Å². The van der Waals surface area contributed by atoms with Gasteiger partial charge >= 0.3 is 0 Å². The van der Waals surface area contributed by atoms with Crippen LogP contribution in [0.2, 0.25) is 0 Å². The van der Waals surface area contributed by atoms with Crippen molar-refractivity contribution >= 4 is 34.9 Å². The lowest BCUT2D eigenvalue weighted by atomic mass is 9.79. The van der Waals surface area contributed by atoms with E-state index in [9.17, 15) is 0 Å². The number of nitrogens with zero attached hydrogens (tertiary/aromatic N) is 4. The van der Waals surface area contributed by atoms with Crippen molar-refractivity contribution in [3.8, 4) is 0 Å². The van der Waals surface area contributed by atoms with Crippen molar-refractivity contribution in [1.29, 1.82) is 0 Å². The van der Waals surface area contributed by atoms with E-state index in [-0.39, 0.29) is 5.41 Å². The summed E-state index contributed by atoms with van der Waals surface area (Å²) in [6.07, 6.45) is 13.7. The second kappa shape index (κ2) is 11.8. The molecule has 3 heterocycles. The predicted molar refractivity (Wildman–Crippen MR) is 154 cm³/mol. The zero-order valence-corrected chi connectivity index (χ0v) is 22.7. The molecule has 5 rings (SSSR count). The van der Waals surface area contributed by atoms with Crippen molar-refractivity contribution in [1.82, 2.24) is 15.3 Å². The highest BCUT2D eigenvalue weighted by molar-refractivity contribution is 7.80. The third-order valence-electron chi connectivity index (χ3n) is 8.49. The van der Waals surface area contributed by atoms with E-state index in [0.717, 1.165) is 37.8 Å². The second-order valence-corrected chi connectivity index (χ2v) is 11.4. The van der Waals surface area contributed by atoms with Gasteiger partial charge in [0.2, 0.25) is 5.95 Å². The number of benzene rings is 1. The predicted octanol–water partition coefficient (Wildman–Crippen LogP) is 6.03. The summed E-state index contributed by atoms with van der Waals surface area (Å²) in [5, 5.41) is 7.52. The van der Waals surface area contributed by atoms with E-state index in [1.807, 2.05) is 0 Å². The van der Waals surface area contributed by atoms with Gasteiger partial charge in [0.1, 0.15) is 11.6 Å². The van der Waals surface area contributed by atoms with Gasteiger partial charge in [0.25, 0.3) is 0 Å². The largest absolute Gasteiger partial charge is 0.361 e.